The molecule has 0 amide bonds. The van der Waals surface area contributed by atoms with Crippen LogP contribution in [0.2, 0.25) is 0 Å². The first-order valence-electron chi connectivity index (χ1n) is 5.41. The SMILES string of the molecule is Cc1[nH]c(-c2ccc(N(C)C)cc2)nc1C=O. The van der Waals surface area contributed by atoms with Gasteiger partial charge in [-0.25, -0.2) is 4.98 Å². The van der Waals surface area contributed by atoms with Gasteiger partial charge in [0, 0.05) is 31.0 Å². The van der Waals surface area contributed by atoms with Crippen molar-refractivity contribution in [2.45, 2.75) is 6.92 Å². The third kappa shape index (κ3) is 2.20. The number of nitrogens with one attached hydrogen (secondary N) is 1. The zero-order valence-corrected chi connectivity index (χ0v) is 10.2. The quantitative estimate of drug-likeness (QED) is 0.821. The van der Waals surface area contributed by atoms with Gasteiger partial charge in [-0.05, 0) is 31.2 Å². The maximum absolute atomic E-state index is 10.7. The lowest BCUT2D eigenvalue weighted by Gasteiger charge is -2.12. The molecule has 0 saturated carbocycles. The van der Waals surface area contributed by atoms with Crippen molar-refractivity contribution in [3.63, 3.8) is 0 Å². The molecule has 0 atom stereocenters. The van der Waals surface area contributed by atoms with Crippen LogP contribution in [-0.4, -0.2) is 30.3 Å². The first kappa shape index (κ1) is 11.4. The monoisotopic (exact) mass is 229 g/mol. The van der Waals surface area contributed by atoms with Crippen molar-refractivity contribution in [3.8, 4) is 11.4 Å². The molecule has 2 rings (SSSR count). The van der Waals surface area contributed by atoms with Crippen LogP contribution in [0.1, 0.15) is 16.2 Å². The second kappa shape index (κ2) is 4.41. The van der Waals surface area contributed by atoms with Crippen LogP contribution in [0.5, 0.6) is 0 Å². The number of carbonyl (C=O) groups is 1. The minimum atomic E-state index is 0.469. The maximum Gasteiger partial charge on any atom is 0.170 e. The van der Waals surface area contributed by atoms with Gasteiger partial charge in [-0.2, -0.15) is 0 Å². The van der Waals surface area contributed by atoms with Gasteiger partial charge >= 0.3 is 0 Å². The number of imidazole rings is 1. The normalized spacial score (nSPS) is 10.3. The molecule has 0 saturated heterocycles. The molecule has 0 unspecified atom stereocenters. The van der Waals surface area contributed by atoms with E-state index in [1.807, 2.05) is 50.2 Å². The zero-order valence-electron chi connectivity index (χ0n) is 10.2. The van der Waals surface area contributed by atoms with Gasteiger partial charge in [-0.1, -0.05) is 0 Å². The van der Waals surface area contributed by atoms with Gasteiger partial charge in [0.15, 0.2) is 6.29 Å². The van der Waals surface area contributed by atoms with E-state index in [1.54, 1.807) is 0 Å². The molecular weight excluding hydrogens is 214 g/mol. The molecule has 1 aromatic heterocycles. The van der Waals surface area contributed by atoms with Gasteiger partial charge in [0.05, 0.1) is 0 Å². The number of carbonyl (C=O) groups excluding carboxylic acids is 1. The molecule has 88 valence electrons. The minimum Gasteiger partial charge on any atom is -0.378 e. The number of rotatable bonds is 3. The molecule has 2 aromatic rings. The van der Waals surface area contributed by atoms with Gasteiger partial charge in [0.25, 0.3) is 0 Å². The number of H-pyrrole nitrogens is 1. The fourth-order valence-corrected chi connectivity index (χ4v) is 1.64. The summed E-state index contributed by atoms with van der Waals surface area (Å²) in [6, 6.07) is 8.02. The lowest BCUT2D eigenvalue weighted by molar-refractivity contribution is 0.111. The summed E-state index contributed by atoms with van der Waals surface area (Å²) in [6.07, 6.45) is 0.767. The number of hydrogen-bond donors (Lipinski definition) is 1. The lowest BCUT2D eigenvalue weighted by atomic mass is 10.2. The summed E-state index contributed by atoms with van der Waals surface area (Å²) < 4.78 is 0. The fraction of sp³-hybridized carbons (Fsp3) is 0.231. The topological polar surface area (TPSA) is 49.0 Å². The Morgan fingerprint density at radius 2 is 1.88 bits per heavy atom. The standard InChI is InChI=1S/C13H15N3O/c1-9-12(8-17)15-13(14-9)10-4-6-11(7-5-10)16(2)3/h4-8H,1-3H3,(H,14,15). The first-order valence-corrected chi connectivity index (χ1v) is 5.41. The molecule has 0 aliphatic rings. The second-order valence-electron chi connectivity index (χ2n) is 4.15. The zero-order chi connectivity index (χ0) is 12.4. The largest absolute Gasteiger partial charge is 0.378 e. The van der Waals surface area contributed by atoms with E-state index in [4.69, 9.17) is 0 Å². The Balaban J connectivity index is 2.36. The Bertz CT molecular complexity index is 526. The molecule has 17 heavy (non-hydrogen) atoms. The van der Waals surface area contributed by atoms with Crippen LogP contribution in [0.15, 0.2) is 24.3 Å². The molecule has 4 heteroatoms. The Kier molecular flexibility index (Phi) is 2.95. The van der Waals surface area contributed by atoms with Crippen molar-refractivity contribution < 1.29 is 4.79 Å². The third-order valence-electron chi connectivity index (χ3n) is 2.69. The maximum atomic E-state index is 10.7. The Hall–Kier alpha value is -2.10. The molecule has 0 aliphatic carbocycles. The number of aldehydes is 1. The van der Waals surface area contributed by atoms with E-state index >= 15 is 0 Å². The molecular formula is C13H15N3O. The summed E-state index contributed by atoms with van der Waals surface area (Å²) in [6.45, 7) is 1.84. The average molecular weight is 229 g/mol. The predicted octanol–water partition coefficient (Wildman–Crippen LogP) is 2.26. The van der Waals surface area contributed by atoms with E-state index in [0.29, 0.717) is 5.69 Å². The number of anilines is 1. The Labute approximate surface area is 100 Å². The fourth-order valence-electron chi connectivity index (χ4n) is 1.64. The van der Waals surface area contributed by atoms with Crippen LogP contribution in [-0.2, 0) is 0 Å². The van der Waals surface area contributed by atoms with E-state index in [1.165, 1.54) is 0 Å². The van der Waals surface area contributed by atoms with Gasteiger partial charge < -0.3 is 9.88 Å². The molecule has 0 fully saturated rings. The van der Waals surface area contributed by atoms with Crippen molar-refractivity contribution in [1.29, 1.82) is 0 Å². The van der Waals surface area contributed by atoms with Crippen LogP contribution in [0, 0.1) is 6.92 Å². The molecule has 0 aliphatic heterocycles. The lowest BCUT2D eigenvalue weighted by Crippen LogP contribution is -2.07. The first-order chi connectivity index (χ1) is 8.11. The second-order valence-corrected chi connectivity index (χ2v) is 4.15. The van der Waals surface area contributed by atoms with Crippen LogP contribution in [0.3, 0.4) is 0 Å². The summed E-state index contributed by atoms with van der Waals surface area (Å²) in [4.78, 5) is 20.1. The van der Waals surface area contributed by atoms with E-state index in [9.17, 15) is 4.79 Å². The summed E-state index contributed by atoms with van der Waals surface area (Å²) in [7, 11) is 3.99. The summed E-state index contributed by atoms with van der Waals surface area (Å²) in [5.74, 6) is 0.731. The van der Waals surface area contributed by atoms with Crippen molar-refractivity contribution in [2.24, 2.45) is 0 Å². The van der Waals surface area contributed by atoms with E-state index < -0.39 is 0 Å². The number of aromatic amines is 1. The van der Waals surface area contributed by atoms with E-state index in [0.717, 1.165) is 29.1 Å². The van der Waals surface area contributed by atoms with Crippen molar-refractivity contribution in [3.05, 3.63) is 35.7 Å². The number of aryl methyl sites for hydroxylation is 1. The molecule has 0 bridgehead atoms. The average Bonchev–Trinajstić information content (AvgIpc) is 2.70. The smallest absolute Gasteiger partial charge is 0.170 e. The van der Waals surface area contributed by atoms with Crippen molar-refractivity contribution in [1.82, 2.24) is 9.97 Å². The van der Waals surface area contributed by atoms with Crippen molar-refractivity contribution >= 4 is 12.0 Å². The minimum absolute atomic E-state index is 0.469. The van der Waals surface area contributed by atoms with E-state index in [2.05, 4.69) is 9.97 Å². The number of hydrogen-bond acceptors (Lipinski definition) is 3. The Morgan fingerprint density at radius 1 is 1.24 bits per heavy atom. The molecule has 1 aromatic carbocycles. The Morgan fingerprint density at radius 3 is 2.35 bits per heavy atom. The summed E-state index contributed by atoms with van der Waals surface area (Å²) in [5, 5.41) is 0. The molecule has 4 nitrogen and oxygen atoms in total. The predicted molar refractivity (Wildman–Crippen MR) is 68.5 cm³/mol. The molecule has 0 radical (unpaired) electrons. The molecule has 1 N–H and O–H groups in total. The van der Waals surface area contributed by atoms with Crippen LogP contribution >= 0.6 is 0 Å². The molecule has 1 heterocycles. The number of aromatic nitrogens is 2. The van der Waals surface area contributed by atoms with Gasteiger partial charge in [0.2, 0.25) is 0 Å². The van der Waals surface area contributed by atoms with Crippen molar-refractivity contribution in [2.75, 3.05) is 19.0 Å². The highest BCUT2D eigenvalue weighted by molar-refractivity contribution is 5.75. The third-order valence-corrected chi connectivity index (χ3v) is 2.69. The number of benzene rings is 1. The summed E-state index contributed by atoms with van der Waals surface area (Å²) in [5.41, 5.74) is 3.38. The highest BCUT2D eigenvalue weighted by Gasteiger charge is 2.07. The van der Waals surface area contributed by atoms with Gasteiger partial charge in [-0.15, -0.1) is 0 Å². The van der Waals surface area contributed by atoms with Gasteiger partial charge in [-0.3, -0.25) is 4.79 Å². The van der Waals surface area contributed by atoms with Crippen LogP contribution < -0.4 is 4.90 Å². The van der Waals surface area contributed by atoms with Gasteiger partial charge in [0.1, 0.15) is 11.5 Å². The number of nitrogens with zero attached hydrogens (tertiary/aromatic N) is 2. The summed E-state index contributed by atoms with van der Waals surface area (Å²) >= 11 is 0. The van der Waals surface area contributed by atoms with E-state index in [-0.39, 0.29) is 0 Å². The molecule has 0 spiro atoms. The van der Waals surface area contributed by atoms with Crippen LogP contribution in [0.25, 0.3) is 11.4 Å². The highest BCUT2D eigenvalue weighted by atomic mass is 16.1. The van der Waals surface area contributed by atoms with Crippen LogP contribution in [0.4, 0.5) is 5.69 Å². The highest BCUT2D eigenvalue weighted by Crippen LogP contribution is 2.20.